The van der Waals surface area contributed by atoms with E-state index in [4.69, 9.17) is 25.8 Å². The van der Waals surface area contributed by atoms with Crippen molar-refractivity contribution in [3.8, 4) is 17.2 Å². The minimum absolute atomic E-state index is 0.00298. The lowest BCUT2D eigenvalue weighted by atomic mass is 10.0. The summed E-state index contributed by atoms with van der Waals surface area (Å²) in [5, 5.41) is -2.27. The summed E-state index contributed by atoms with van der Waals surface area (Å²) in [6.45, 7) is 0. The second-order valence-corrected chi connectivity index (χ2v) is 4.20. The standard InChI is InChI=1S/C12H13ClF4O3/c1-18-7-5-4-6(8(19-2)9(7)20-3)10(13)12(16,17)11(14)15/h4-5,10-11H,1-3H3. The molecular weight excluding hydrogens is 304 g/mol. The molecule has 1 rings (SSSR count). The summed E-state index contributed by atoms with van der Waals surface area (Å²) in [6.07, 6.45) is -3.90. The van der Waals surface area contributed by atoms with Gasteiger partial charge in [0.15, 0.2) is 11.5 Å². The highest BCUT2D eigenvalue weighted by Crippen LogP contribution is 2.49. The van der Waals surface area contributed by atoms with Gasteiger partial charge in [0.05, 0.1) is 21.3 Å². The first kappa shape index (κ1) is 16.7. The molecule has 0 N–H and O–H groups in total. The van der Waals surface area contributed by atoms with Crippen molar-refractivity contribution >= 4 is 11.6 Å². The average Bonchev–Trinajstić information content (AvgIpc) is 2.44. The molecule has 1 atom stereocenters. The SMILES string of the molecule is COc1ccc(C(Cl)C(F)(F)C(F)F)c(OC)c1OC. The number of ether oxygens (including phenoxy) is 3. The highest BCUT2D eigenvalue weighted by Gasteiger charge is 2.50. The third-order valence-electron chi connectivity index (χ3n) is 2.64. The van der Waals surface area contributed by atoms with Crippen LogP contribution in [0.4, 0.5) is 17.6 Å². The summed E-state index contributed by atoms with van der Waals surface area (Å²) in [6, 6.07) is 2.42. The van der Waals surface area contributed by atoms with E-state index in [1.54, 1.807) is 0 Å². The third kappa shape index (κ3) is 2.87. The van der Waals surface area contributed by atoms with Crippen LogP contribution in [0.25, 0.3) is 0 Å². The molecule has 0 spiro atoms. The molecule has 8 heteroatoms. The Morgan fingerprint density at radius 2 is 1.55 bits per heavy atom. The molecule has 0 fully saturated rings. The van der Waals surface area contributed by atoms with Crippen molar-refractivity contribution in [3.63, 3.8) is 0 Å². The van der Waals surface area contributed by atoms with Crippen molar-refractivity contribution in [1.29, 1.82) is 0 Å². The Morgan fingerprint density at radius 1 is 1.00 bits per heavy atom. The Bertz CT molecular complexity index is 468. The molecule has 20 heavy (non-hydrogen) atoms. The number of hydrogen-bond acceptors (Lipinski definition) is 3. The maximum absolute atomic E-state index is 13.4. The Morgan fingerprint density at radius 3 is 1.95 bits per heavy atom. The van der Waals surface area contributed by atoms with Crippen LogP contribution in [0.1, 0.15) is 10.9 Å². The van der Waals surface area contributed by atoms with Gasteiger partial charge in [-0.1, -0.05) is 0 Å². The number of hydrogen-bond donors (Lipinski definition) is 0. The van der Waals surface area contributed by atoms with Gasteiger partial charge in [-0.25, -0.2) is 8.78 Å². The Hall–Kier alpha value is -1.37. The fraction of sp³-hybridized carbons (Fsp3) is 0.500. The summed E-state index contributed by atoms with van der Waals surface area (Å²) in [7, 11) is 3.78. The van der Waals surface area contributed by atoms with Gasteiger partial charge in [-0.3, -0.25) is 0 Å². The van der Waals surface area contributed by atoms with Crippen LogP contribution in [0.2, 0.25) is 0 Å². The number of halogens is 5. The smallest absolute Gasteiger partial charge is 0.327 e. The molecule has 0 amide bonds. The van der Waals surface area contributed by atoms with Gasteiger partial charge in [0.25, 0.3) is 0 Å². The molecule has 0 aliphatic carbocycles. The lowest BCUT2D eigenvalue weighted by Crippen LogP contribution is -2.31. The maximum Gasteiger partial charge on any atom is 0.327 e. The molecule has 0 radical (unpaired) electrons. The molecule has 0 aliphatic rings. The summed E-state index contributed by atoms with van der Waals surface area (Å²) in [5.74, 6) is -4.37. The van der Waals surface area contributed by atoms with Gasteiger partial charge in [-0.15, -0.1) is 11.6 Å². The molecule has 1 aromatic rings. The number of benzene rings is 1. The van der Waals surface area contributed by atoms with E-state index < -0.39 is 17.7 Å². The predicted molar refractivity (Wildman–Crippen MR) is 65.6 cm³/mol. The van der Waals surface area contributed by atoms with Crippen molar-refractivity contribution < 1.29 is 31.8 Å². The fourth-order valence-corrected chi connectivity index (χ4v) is 1.91. The van der Waals surface area contributed by atoms with Gasteiger partial charge in [0.2, 0.25) is 5.75 Å². The molecule has 1 unspecified atom stereocenters. The molecule has 0 saturated carbocycles. The van der Waals surface area contributed by atoms with Crippen molar-refractivity contribution in [2.75, 3.05) is 21.3 Å². The van der Waals surface area contributed by atoms with Crippen molar-refractivity contribution in [2.45, 2.75) is 17.7 Å². The summed E-state index contributed by atoms with van der Waals surface area (Å²) < 4.78 is 66.3. The van der Waals surface area contributed by atoms with E-state index in [1.165, 1.54) is 27.4 Å². The van der Waals surface area contributed by atoms with Crippen LogP contribution in [0.15, 0.2) is 12.1 Å². The number of methoxy groups -OCH3 is 3. The zero-order valence-electron chi connectivity index (χ0n) is 10.9. The molecule has 114 valence electrons. The highest BCUT2D eigenvalue weighted by atomic mass is 35.5. The van der Waals surface area contributed by atoms with Gasteiger partial charge in [0, 0.05) is 5.56 Å². The van der Waals surface area contributed by atoms with Crippen LogP contribution < -0.4 is 14.2 Å². The lowest BCUT2D eigenvalue weighted by Gasteiger charge is -2.24. The quantitative estimate of drug-likeness (QED) is 0.588. The Kier molecular flexibility index (Phi) is 5.33. The lowest BCUT2D eigenvalue weighted by molar-refractivity contribution is -0.130. The van der Waals surface area contributed by atoms with Crippen LogP contribution in [-0.2, 0) is 0 Å². The summed E-state index contributed by atoms with van der Waals surface area (Å²) >= 11 is 5.49. The molecule has 3 nitrogen and oxygen atoms in total. The molecular formula is C12H13ClF4O3. The normalized spacial score (nSPS) is 13.2. The summed E-state index contributed by atoms with van der Waals surface area (Å²) in [4.78, 5) is 0. The van der Waals surface area contributed by atoms with E-state index in [1.807, 2.05) is 0 Å². The van der Waals surface area contributed by atoms with E-state index in [0.29, 0.717) is 0 Å². The molecule has 0 bridgehead atoms. The first-order valence-corrected chi connectivity index (χ1v) is 5.83. The van der Waals surface area contributed by atoms with Crippen LogP contribution in [-0.4, -0.2) is 33.7 Å². The summed E-state index contributed by atoms with van der Waals surface area (Å²) in [5.41, 5.74) is -0.308. The molecule has 0 heterocycles. The average molecular weight is 317 g/mol. The minimum Gasteiger partial charge on any atom is -0.493 e. The van der Waals surface area contributed by atoms with Gasteiger partial charge in [-0.05, 0) is 12.1 Å². The second-order valence-electron chi connectivity index (χ2n) is 3.76. The van der Waals surface area contributed by atoms with Gasteiger partial charge < -0.3 is 14.2 Å². The van der Waals surface area contributed by atoms with E-state index in [2.05, 4.69) is 0 Å². The number of alkyl halides is 5. The minimum atomic E-state index is -4.41. The molecule has 0 aromatic heterocycles. The second kappa shape index (κ2) is 6.39. The zero-order chi connectivity index (χ0) is 15.5. The van der Waals surface area contributed by atoms with E-state index >= 15 is 0 Å². The first-order valence-electron chi connectivity index (χ1n) is 5.40. The first-order chi connectivity index (χ1) is 9.31. The van der Waals surface area contributed by atoms with Crippen LogP contribution in [0.5, 0.6) is 17.2 Å². The largest absolute Gasteiger partial charge is 0.493 e. The van der Waals surface area contributed by atoms with Crippen molar-refractivity contribution in [2.24, 2.45) is 0 Å². The van der Waals surface area contributed by atoms with Crippen LogP contribution in [0.3, 0.4) is 0 Å². The fourth-order valence-electron chi connectivity index (χ4n) is 1.64. The van der Waals surface area contributed by atoms with Crippen molar-refractivity contribution in [3.05, 3.63) is 17.7 Å². The monoisotopic (exact) mass is 316 g/mol. The van der Waals surface area contributed by atoms with E-state index in [-0.39, 0.29) is 22.8 Å². The van der Waals surface area contributed by atoms with E-state index in [9.17, 15) is 17.6 Å². The maximum atomic E-state index is 13.4. The van der Waals surface area contributed by atoms with Crippen LogP contribution >= 0.6 is 11.6 Å². The van der Waals surface area contributed by atoms with Crippen LogP contribution in [0, 0.1) is 0 Å². The predicted octanol–water partition coefficient (Wildman–Crippen LogP) is 3.89. The van der Waals surface area contributed by atoms with E-state index in [0.717, 1.165) is 6.07 Å². The Labute approximate surface area is 118 Å². The van der Waals surface area contributed by atoms with Gasteiger partial charge >= 0.3 is 12.3 Å². The van der Waals surface area contributed by atoms with Gasteiger partial charge in [-0.2, -0.15) is 8.78 Å². The zero-order valence-corrected chi connectivity index (χ0v) is 11.7. The van der Waals surface area contributed by atoms with Crippen molar-refractivity contribution in [1.82, 2.24) is 0 Å². The third-order valence-corrected chi connectivity index (χ3v) is 3.16. The topological polar surface area (TPSA) is 27.7 Å². The highest BCUT2D eigenvalue weighted by molar-refractivity contribution is 6.21. The molecule has 0 saturated heterocycles. The molecule has 0 aliphatic heterocycles. The molecule has 1 aromatic carbocycles. The number of rotatable bonds is 6. The van der Waals surface area contributed by atoms with Gasteiger partial charge in [0.1, 0.15) is 5.38 Å². The Balaban J connectivity index is 3.39.